The number of benzene rings is 3. The van der Waals surface area contributed by atoms with Gasteiger partial charge >= 0.3 is 5.97 Å². The summed E-state index contributed by atoms with van der Waals surface area (Å²) in [6, 6.07) is 15.3. The fraction of sp³-hybridized carbons (Fsp3) is 0.0556. The van der Waals surface area contributed by atoms with Crippen LogP contribution < -0.4 is 4.72 Å². The van der Waals surface area contributed by atoms with Crippen LogP contribution >= 0.6 is 11.7 Å². The fourth-order valence-corrected chi connectivity index (χ4v) is 4.64. The third-order valence-corrected chi connectivity index (χ3v) is 6.01. The number of hydrogen-bond acceptors (Lipinski definition) is 7. The van der Waals surface area contributed by atoms with Gasteiger partial charge < -0.3 is 4.74 Å². The van der Waals surface area contributed by atoms with Gasteiger partial charge in [-0.05, 0) is 35.0 Å². The van der Waals surface area contributed by atoms with Crippen molar-refractivity contribution in [3.63, 3.8) is 0 Å². The van der Waals surface area contributed by atoms with Crippen LogP contribution in [0.4, 0.5) is 5.69 Å². The summed E-state index contributed by atoms with van der Waals surface area (Å²) in [6.07, 6.45) is 0. The van der Waals surface area contributed by atoms with Gasteiger partial charge in [0.25, 0.3) is 10.0 Å². The first kappa shape index (κ1) is 17.4. The van der Waals surface area contributed by atoms with E-state index in [9.17, 15) is 13.2 Å². The zero-order valence-electron chi connectivity index (χ0n) is 14.0. The van der Waals surface area contributed by atoms with E-state index in [1.54, 1.807) is 24.3 Å². The first-order valence-electron chi connectivity index (χ1n) is 7.85. The molecule has 0 amide bonds. The van der Waals surface area contributed by atoms with Gasteiger partial charge in [0.1, 0.15) is 15.9 Å². The molecule has 0 saturated heterocycles. The van der Waals surface area contributed by atoms with Crippen molar-refractivity contribution in [3.8, 4) is 0 Å². The number of esters is 1. The normalized spacial score (nSPS) is 11.6. The highest BCUT2D eigenvalue weighted by Crippen LogP contribution is 2.29. The zero-order valence-corrected chi connectivity index (χ0v) is 15.7. The number of sulfonamides is 1. The number of rotatable bonds is 4. The average molecular weight is 399 g/mol. The third kappa shape index (κ3) is 3.11. The van der Waals surface area contributed by atoms with E-state index in [0.717, 1.165) is 22.5 Å². The molecule has 9 heteroatoms. The number of carbonyl (C=O) groups excluding carboxylic acids is 1. The number of carbonyl (C=O) groups is 1. The maximum absolute atomic E-state index is 13.0. The topological polar surface area (TPSA) is 98.2 Å². The Morgan fingerprint density at radius 3 is 2.52 bits per heavy atom. The minimum Gasteiger partial charge on any atom is -0.465 e. The number of methoxy groups -OCH3 is 1. The summed E-state index contributed by atoms with van der Waals surface area (Å²) < 4.78 is 41.4. The lowest BCUT2D eigenvalue weighted by atomic mass is 10.1. The molecule has 136 valence electrons. The van der Waals surface area contributed by atoms with Crippen molar-refractivity contribution in [1.82, 2.24) is 8.75 Å². The van der Waals surface area contributed by atoms with Crippen molar-refractivity contribution in [2.45, 2.75) is 4.90 Å². The van der Waals surface area contributed by atoms with Gasteiger partial charge in [0.05, 0.1) is 30.1 Å². The van der Waals surface area contributed by atoms with Gasteiger partial charge in [0.2, 0.25) is 0 Å². The van der Waals surface area contributed by atoms with Crippen LogP contribution in [0.2, 0.25) is 0 Å². The molecular weight excluding hydrogens is 386 g/mol. The number of nitrogens with zero attached hydrogens (tertiary/aromatic N) is 2. The number of aromatic nitrogens is 2. The molecule has 4 rings (SSSR count). The van der Waals surface area contributed by atoms with E-state index in [-0.39, 0.29) is 21.7 Å². The lowest BCUT2D eigenvalue weighted by Crippen LogP contribution is -2.16. The highest BCUT2D eigenvalue weighted by Gasteiger charge is 2.23. The molecule has 0 atom stereocenters. The quantitative estimate of drug-likeness (QED) is 0.528. The summed E-state index contributed by atoms with van der Waals surface area (Å²) in [5.74, 6) is -0.632. The van der Waals surface area contributed by atoms with Crippen molar-refractivity contribution in [3.05, 3.63) is 60.2 Å². The first-order chi connectivity index (χ1) is 13.0. The van der Waals surface area contributed by atoms with Gasteiger partial charge in [-0.2, -0.15) is 8.75 Å². The van der Waals surface area contributed by atoms with Crippen LogP contribution in [0.1, 0.15) is 10.4 Å². The smallest absolute Gasteiger partial charge is 0.340 e. The van der Waals surface area contributed by atoms with E-state index in [4.69, 9.17) is 4.74 Å². The summed E-state index contributed by atoms with van der Waals surface area (Å²) in [4.78, 5) is 12.2. The molecular formula is C18H13N3O4S2. The lowest BCUT2D eigenvalue weighted by molar-refractivity contribution is 0.0602. The molecule has 27 heavy (non-hydrogen) atoms. The van der Waals surface area contributed by atoms with E-state index < -0.39 is 16.0 Å². The minimum atomic E-state index is -4.00. The molecule has 1 N–H and O–H groups in total. The zero-order chi connectivity index (χ0) is 19.0. The van der Waals surface area contributed by atoms with Crippen LogP contribution in [0.5, 0.6) is 0 Å². The molecule has 0 fully saturated rings. The van der Waals surface area contributed by atoms with Gasteiger partial charge in [-0.3, -0.25) is 4.72 Å². The Bertz CT molecular complexity index is 1280. The molecule has 0 radical (unpaired) electrons. The Labute approximate surface area is 159 Å². The molecule has 3 aromatic carbocycles. The molecule has 0 aliphatic heterocycles. The molecule has 0 saturated carbocycles. The van der Waals surface area contributed by atoms with E-state index >= 15 is 0 Å². The first-order valence-corrected chi connectivity index (χ1v) is 10.1. The molecule has 1 aromatic heterocycles. The Morgan fingerprint density at radius 2 is 1.78 bits per heavy atom. The van der Waals surface area contributed by atoms with Crippen molar-refractivity contribution >= 4 is 55.2 Å². The molecule has 1 heterocycles. The predicted octanol–water partition coefficient (Wildman–Crippen LogP) is 3.43. The molecule has 0 aliphatic rings. The van der Waals surface area contributed by atoms with Gasteiger partial charge in [0, 0.05) is 0 Å². The predicted molar refractivity (Wildman–Crippen MR) is 104 cm³/mol. The van der Waals surface area contributed by atoms with Gasteiger partial charge in [-0.15, -0.1) is 0 Å². The van der Waals surface area contributed by atoms with Crippen LogP contribution in [0.3, 0.4) is 0 Å². The van der Waals surface area contributed by atoms with E-state index in [2.05, 4.69) is 13.5 Å². The number of fused-ring (bicyclic) bond motifs is 2. The SMILES string of the molecule is COC(=O)c1cc2ccccc2cc1NS(=O)(=O)c1cccc2nsnc12. The molecule has 0 aliphatic carbocycles. The highest BCUT2D eigenvalue weighted by molar-refractivity contribution is 7.93. The Hall–Kier alpha value is -3.04. The highest BCUT2D eigenvalue weighted by atomic mass is 32.2. The largest absolute Gasteiger partial charge is 0.465 e. The third-order valence-electron chi connectivity index (χ3n) is 4.07. The van der Waals surface area contributed by atoms with Crippen LogP contribution in [-0.2, 0) is 14.8 Å². The molecule has 4 aromatic rings. The number of ether oxygens (including phenoxy) is 1. The Morgan fingerprint density at radius 1 is 1.04 bits per heavy atom. The summed E-state index contributed by atoms with van der Waals surface area (Å²) in [5, 5.41) is 1.59. The van der Waals surface area contributed by atoms with Crippen LogP contribution in [0, 0.1) is 0 Å². The summed E-state index contributed by atoms with van der Waals surface area (Å²) >= 11 is 0.937. The molecule has 7 nitrogen and oxygen atoms in total. The van der Waals surface area contributed by atoms with Gasteiger partial charge in [-0.1, -0.05) is 30.3 Å². The molecule has 0 unspecified atom stereocenters. The van der Waals surface area contributed by atoms with Crippen LogP contribution in [0.25, 0.3) is 21.8 Å². The van der Waals surface area contributed by atoms with E-state index in [0.29, 0.717) is 5.52 Å². The van der Waals surface area contributed by atoms with Crippen LogP contribution in [-0.4, -0.2) is 30.2 Å². The maximum atomic E-state index is 13.0. The Kier molecular flexibility index (Phi) is 4.25. The average Bonchev–Trinajstić information content (AvgIpc) is 3.15. The molecule has 0 bridgehead atoms. The fourth-order valence-electron chi connectivity index (χ4n) is 2.80. The Balaban J connectivity index is 1.87. The molecule has 0 spiro atoms. The number of hydrogen-bond donors (Lipinski definition) is 1. The van der Waals surface area contributed by atoms with Gasteiger partial charge in [-0.25, -0.2) is 13.2 Å². The minimum absolute atomic E-state index is 0.00211. The van der Waals surface area contributed by atoms with Crippen molar-refractivity contribution < 1.29 is 17.9 Å². The van der Waals surface area contributed by atoms with Crippen molar-refractivity contribution in [2.75, 3.05) is 11.8 Å². The second-order valence-electron chi connectivity index (χ2n) is 5.73. The summed E-state index contributed by atoms with van der Waals surface area (Å²) in [7, 11) is -2.75. The van der Waals surface area contributed by atoms with Crippen LogP contribution in [0.15, 0.2) is 59.5 Å². The second kappa shape index (κ2) is 6.60. The lowest BCUT2D eigenvalue weighted by Gasteiger charge is -2.13. The summed E-state index contributed by atoms with van der Waals surface area (Å²) in [5.41, 5.74) is 1.05. The van der Waals surface area contributed by atoms with Gasteiger partial charge in [0.15, 0.2) is 0 Å². The van der Waals surface area contributed by atoms with Crippen molar-refractivity contribution in [2.24, 2.45) is 0 Å². The number of anilines is 1. The number of nitrogens with one attached hydrogen (secondary N) is 1. The standard InChI is InChI=1S/C18H13N3O4S2/c1-25-18(22)13-9-11-5-2-3-6-12(11)10-15(13)21-27(23,24)16-8-4-7-14-17(16)20-26-19-14/h2-10,21H,1H3. The van der Waals surface area contributed by atoms with E-state index in [1.165, 1.54) is 13.2 Å². The maximum Gasteiger partial charge on any atom is 0.340 e. The van der Waals surface area contributed by atoms with Crippen molar-refractivity contribution in [1.29, 1.82) is 0 Å². The summed E-state index contributed by atoms with van der Waals surface area (Å²) in [6.45, 7) is 0. The monoisotopic (exact) mass is 399 g/mol. The second-order valence-corrected chi connectivity index (χ2v) is 7.91. The van der Waals surface area contributed by atoms with E-state index in [1.807, 2.05) is 24.3 Å².